The second kappa shape index (κ2) is 10.4. The van der Waals surface area contributed by atoms with Crippen molar-refractivity contribution in [2.75, 3.05) is 0 Å². The molecule has 0 bridgehead atoms. The Labute approximate surface area is 160 Å². The van der Waals surface area contributed by atoms with Crippen LogP contribution in [-0.2, 0) is 20.9 Å². The maximum Gasteiger partial charge on any atom is 0.326 e. The van der Waals surface area contributed by atoms with E-state index in [-0.39, 0.29) is 17.7 Å². The van der Waals surface area contributed by atoms with Crippen molar-refractivity contribution in [1.82, 2.24) is 0 Å². The first-order valence-corrected chi connectivity index (χ1v) is 10.2. The SMILES string of the molecule is CCC(=O)S[C@](C)(/C=C1/C=C\CCCCC1)C(=O)OCc1ccccc1. The molecular formula is C22H28O3S. The van der Waals surface area contributed by atoms with Gasteiger partial charge in [-0.25, -0.2) is 0 Å². The van der Waals surface area contributed by atoms with Gasteiger partial charge in [0.05, 0.1) is 0 Å². The Balaban J connectivity index is 2.17. The Bertz CT molecular complexity index is 663. The fourth-order valence-electron chi connectivity index (χ4n) is 2.87. The molecule has 0 aliphatic heterocycles. The van der Waals surface area contributed by atoms with Crippen molar-refractivity contribution >= 4 is 22.8 Å². The van der Waals surface area contributed by atoms with Crippen LogP contribution in [0.3, 0.4) is 0 Å². The van der Waals surface area contributed by atoms with Gasteiger partial charge in [0.25, 0.3) is 0 Å². The van der Waals surface area contributed by atoms with Gasteiger partial charge in [0.2, 0.25) is 0 Å². The maximum atomic E-state index is 12.9. The van der Waals surface area contributed by atoms with Crippen LogP contribution in [0.2, 0.25) is 0 Å². The highest BCUT2D eigenvalue weighted by Crippen LogP contribution is 2.33. The zero-order chi connectivity index (χ0) is 18.8. The molecule has 26 heavy (non-hydrogen) atoms. The molecule has 0 unspecified atom stereocenters. The summed E-state index contributed by atoms with van der Waals surface area (Å²) in [5.74, 6) is -0.365. The molecule has 0 aromatic heterocycles. The number of esters is 1. The highest BCUT2D eigenvalue weighted by Gasteiger charge is 2.36. The van der Waals surface area contributed by atoms with E-state index in [0.717, 1.165) is 42.2 Å². The molecule has 0 amide bonds. The quantitative estimate of drug-likeness (QED) is 0.609. The minimum atomic E-state index is -0.999. The second-order valence-electron chi connectivity index (χ2n) is 6.72. The van der Waals surface area contributed by atoms with Crippen LogP contribution in [0.15, 0.2) is 54.1 Å². The van der Waals surface area contributed by atoms with Crippen LogP contribution in [0.25, 0.3) is 0 Å². The van der Waals surface area contributed by atoms with E-state index in [9.17, 15) is 9.59 Å². The average molecular weight is 373 g/mol. The number of ether oxygens (including phenoxy) is 1. The fraction of sp³-hybridized carbons (Fsp3) is 0.455. The number of thioether (sulfide) groups is 1. The second-order valence-corrected chi connectivity index (χ2v) is 8.22. The Kier molecular flexibility index (Phi) is 8.17. The normalized spacial score (nSPS) is 19.8. The summed E-state index contributed by atoms with van der Waals surface area (Å²) in [4.78, 5) is 24.9. The monoisotopic (exact) mass is 372 g/mol. The van der Waals surface area contributed by atoms with Crippen molar-refractivity contribution < 1.29 is 14.3 Å². The van der Waals surface area contributed by atoms with Gasteiger partial charge in [-0.3, -0.25) is 9.59 Å². The molecule has 4 heteroatoms. The first-order chi connectivity index (χ1) is 12.5. The molecule has 0 saturated carbocycles. The van der Waals surface area contributed by atoms with Crippen LogP contribution in [-0.4, -0.2) is 15.8 Å². The van der Waals surface area contributed by atoms with Gasteiger partial charge in [-0.2, -0.15) is 0 Å². The van der Waals surface area contributed by atoms with E-state index in [4.69, 9.17) is 4.74 Å². The van der Waals surface area contributed by atoms with Crippen LogP contribution < -0.4 is 0 Å². The van der Waals surface area contributed by atoms with Crippen LogP contribution in [0.5, 0.6) is 0 Å². The van der Waals surface area contributed by atoms with E-state index >= 15 is 0 Å². The van der Waals surface area contributed by atoms with E-state index < -0.39 is 4.75 Å². The highest BCUT2D eigenvalue weighted by atomic mass is 32.2. The first kappa shape index (κ1) is 20.5. The Morgan fingerprint density at radius 1 is 1.19 bits per heavy atom. The summed E-state index contributed by atoms with van der Waals surface area (Å²) in [7, 11) is 0. The molecule has 2 rings (SSSR count). The van der Waals surface area contributed by atoms with Crippen molar-refractivity contribution in [1.29, 1.82) is 0 Å². The Morgan fingerprint density at radius 2 is 1.96 bits per heavy atom. The third-order valence-corrected chi connectivity index (χ3v) is 5.59. The van der Waals surface area contributed by atoms with Gasteiger partial charge in [0.1, 0.15) is 11.4 Å². The summed E-state index contributed by atoms with van der Waals surface area (Å²) in [6.07, 6.45) is 12.1. The van der Waals surface area contributed by atoms with Crippen molar-refractivity contribution in [3.8, 4) is 0 Å². The molecule has 1 aromatic carbocycles. The smallest absolute Gasteiger partial charge is 0.326 e. The molecule has 0 radical (unpaired) electrons. The predicted octanol–water partition coefficient (Wildman–Crippen LogP) is 5.61. The van der Waals surface area contributed by atoms with Crippen LogP contribution >= 0.6 is 11.8 Å². The standard InChI is InChI=1S/C22H28O3S/c1-3-20(23)26-22(2,16-18-12-8-5-4-6-9-13-18)21(24)25-17-19-14-10-7-11-15-19/h7-8,10-12,14-16H,3-6,9,13,17H2,1-2H3/b12-8-,18-16-/t22-/m1/s1. The lowest BCUT2D eigenvalue weighted by atomic mass is 9.98. The lowest BCUT2D eigenvalue weighted by Crippen LogP contribution is -2.33. The molecule has 1 atom stereocenters. The number of benzene rings is 1. The predicted molar refractivity (Wildman–Crippen MR) is 108 cm³/mol. The summed E-state index contributed by atoms with van der Waals surface area (Å²) < 4.78 is 4.56. The molecule has 0 saturated heterocycles. The van der Waals surface area contributed by atoms with Crippen molar-refractivity contribution in [3.63, 3.8) is 0 Å². The number of carbonyl (C=O) groups excluding carboxylic acids is 2. The van der Waals surface area contributed by atoms with Gasteiger partial charge in [0, 0.05) is 6.42 Å². The van der Waals surface area contributed by atoms with E-state index in [2.05, 4.69) is 12.2 Å². The summed E-state index contributed by atoms with van der Waals surface area (Å²) in [6, 6.07) is 9.60. The molecule has 0 N–H and O–H groups in total. The largest absolute Gasteiger partial charge is 0.460 e. The molecule has 1 aliphatic rings. The van der Waals surface area contributed by atoms with E-state index in [0.29, 0.717) is 6.42 Å². The van der Waals surface area contributed by atoms with Crippen LogP contribution in [0.1, 0.15) is 57.9 Å². The van der Waals surface area contributed by atoms with E-state index in [1.165, 1.54) is 12.8 Å². The van der Waals surface area contributed by atoms with Crippen molar-refractivity contribution in [2.45, 2.75) is 63.7 Å². The zero-order valence-corrected chi connectivity index (χ0v) is 16.5. The number of hydrogen-bond donors (Lipinski definition) is 0. The summed E-state index contributed by atoms with van der Waals surface area (Å²) in [5, 5.41) is -0.00386. The third kappa shape index (κ3) is 6.49. The minimum absolute atomic E-state index is 0.00386. The Morgan fingerprint density at radius 3 is 2.69 bits per heavy atom. The maximum absolute atomic E-state index is 12.9. The topological polar surface area (TPSA) is 43.4 Å². The van der Waals surface area contributed by atoms with E-state index in [1.807, 2.05) is 43.3 Å². The summed E-state index contributed by atoms with van der Waals surface area (Å²) in [5.41, 5.74) is 2.05. The molecular weight excluding hydrogens is 344 g/mol. The summed E-state index contributed by atoms with van der Waals surface area (Å²) >= 11 is 1.07. The minimum Gasteiger partial charge on any atom is -0.460 e. The molecule has 0 heterocycles. The van der Waals surface area contributed by atoms with Crippen molar-refractivity contribution in [3.05, 3.63) is 59.7 Å². The van der Waals surface area contributed by atoms with Gasteiger partial charge in [-0.15, -0.1) is 0 Å². The fourth-order valence-corrected chi connectivity index (χ4v) is 3.84. The average Bonchev–Trinajstić information content (AvgIpc) is 2.62. The van der Waals surface area contributed by atoms with Crippen LogP contribution in [0.4, 0.5) is 0 Å². The molecule has 1 aromatic rings. The van der Waals surface area contributed by atoms with Crippen LogP contribution in [0, 0.1) is 0 Å². The molecule has 3 nitrogen and oxygen atoms in total. The molecule has 0 fully saturated rings. The van der Waals surface area contributed by atoms with Gasteiger partial charge < -0.3 is 4.74 Å². The first-order valence-electron chi connectivity index (χ1n) is 9.35. The molecule has 1 aliphatic carbocycles. The van der Waals surface area contributed by atoms with Gasteiger partial charge in [-0.05, 0) is 38.2 Å². The van der Waals surface area contributed by atoms with Gasteiger partial charge >= 0.3 is 5.97 Å². The highest BCUT2D eigenvalue weighted by molar-refractivity contribution is 8.15. The van der Waals surface area contributed by atoms with E-state index in [1.54, 1.807) is 6.92 Å². The lowest BCUT2D eigenvalue weighted by molar-refractivity contribution is -0.146. The number of hydrogen-bond acceptors (Lipinski definition) is 4. The molecule has 140 valence electrons. The lowest BCUT2D eigenvalue weighted by Gasteiger charge is -2.24. The molecule has 0 spiro atoms. The summed E-state index contributed by atoms with van der Waals surface area (Å²) in [6.45, 7) is 3.82. The Hall–Kier alpha value is -1.81. The van der Waals surface area contributed by atoms with Gasteiger partial charge in [-0.1, -0.05) is 79.2 Å². The zero-order valence-electron chi connectivity index (χ0n) is 15.7. The van der Waals surface area contributed by atoms with Gasteiger partial charge in [0.15, 0.2) is 5.12 Å². The number of allylic oxidation sites excluding steroid dienone is 3. The third-order valence-electron chi connectivity index (χ3n) is 4.36. The number of carbonyl (C=O) groups is 2. The number of rotatable bonds is 6. The van der Waals surface area contributed by atoms with Crippen molar-refractivity contribution in [2.24, 2.45) is 0 Å².